The number of anilines is 3. The molecule has 0 saturated heterocycles. The van der Waals surface area contributed by atoms with Gasteiger partial charge in [0.1, 0.15) is 0 Å². The number of hydrogen-bond acceptors (Lipinski definition) is 2. The van der Waals surface area contributed by atoms with Crippen molar-refractivity contribution in [3.05, 3.63) is 102 Å². The predicted octanol–water partition coefficient (Wildman–Crippen LogP) is 8.33. The van der Waals surface area contributed by atoms with Gasteiger partial charge in [0.25, 0.3) is 0 Å². The van der Waals surface area contributed by atoms with Gasteiger partial charge in [0.05, 0.1) is 17.1 Å². The van der Waals surface area contributed by atoms with E-state index >= 15 is 0 Å². The van der Waals surface area contributed by atoms with Crippen molar-refractivity contribution in [3.63, 3.8) is 0 Å². The Balaban J connectivity index is 1.61. The summed E-state index contributed by atoms with van der Waals surface area (Å²) in [6.45, 7) is 4.53. The van der Waals surface area contributed by atoms with E-state index in [2.05, 4.69) is 104 Å². The van der Waals surface area contributed by atoms with Gasteiger partial charge in [-0.2, -0.15) is 0 Å². The predicted molar refractivity (Wildman–Crippen MR) is 132 cm³/mol. The van der Waals surface area contributed by atoms with Gasteiger partial charge in [0, 0.05) is 9.79 Å². The van der Waals surface area contributed by atoms with Crippen molar-refractivity contribution in [2.24, 2.45) is 5.92 Å². The molecule has 1 atom stereocenters. The Morgan fingerprint density at radius 2 is 1.35 bits per heavy atom. The van der Waals surface area contributed by atoms with Gasteiger partial charge in [-0.3, -0.25) is 0 Å². The van der Waals surface area contributed by atoms with E-state index in [0.29, 0.717) is 5.92 Å². The van der Waals surface area contributed by atoms with Crippen molar-refractivity contribution in [1.82, 2.24) is 0 Å². The zero-order valence-electron chi connectivity index (χ0n) is 17.9. The summed E-state index contributed by atoms with van der Waals surface area (Å²) in [6.07, 6.45) is 2.31. The molecule has 2 heteroatoms. The van der Waals surface area contributed by atoms with E-state index < -0.39 is 0 Å². The Morgan fingerprint density at radius 1 is 0.710 bits per heavy atom. The highest BCUT2D eigenvalue weighted by Gasteiger charge is 2.30. The summed E-state index contributed by atoms with van der Waals surface area (Å²) in [6, 6.07) is 31.4. The van der Waals surface area contributed by atoms with Crippen molar-refractivity contribution in [2.75, 3.05) is 4.90 Å². The molecule has 0 spiro atoms. The first kappa shape index (κ1) is 18.8. The molecule has 1 heterocycles. The molecule has 0 fully saturated rings. The van der Waals surface area contributed by atoms with Crippen LogP contribution in [0.1, 0.15) is 23.6 Å². The highest BCUT2D eigenvalue weighted by Crippen LogP contribution is 2.53. The van der Waals surface area contributed by atoms with Crippen LogP contribution in [0.4, 0.5) is 17.1 Å². The van der Waals surface area contributed by atoms with Gasteiger partial charge in [-0.05, 0) is 78.3 Å². The highest BCUT2D eigenvalue weighted by molar-refractivity contribution is 7.99. The second kappa shape index (κ2) is 7.32. The second-order valence-corrected chi connectivity index (χ2v) is 9.97. The van der Waals surface area contributed by atoms with Crippen LogP contribution < -0.4 is 4.90 Å². The lowest BCUT2D eigenvalue weighted by molar-refractivity contribution is 0.628. The molecule has 4 aromatic carbocycles. The Morgan fingerprint density at radius 3 is 2.03 bits per heavy atom. The first-order valence-corrected chi connectivity index (χ1v) is 11.9. The van der Waals surface area contributed by atoms with Crippen molar-refractivity contribution < 1.29 is 0 Å². The third-order valence-electron chi connectivity index (χ3n) is 6.50. The SMILES string of the molecule is Cc1ccc(-c2cc3c(c(N4c5ccccc5Sc5ccccc54)c2)CC(C)C3)cc1. The van der Waals surface area contributed by atoms with E-state index in [4.69, 9.17) is 0 Å². The van der Waals surface area contributed by atoms with E-state index in [1.54, 1.807) is 0 Å². The lowest BCUT2D eigenvalue weighted by Crippen LogP contribution is -2.16. The van der Waals surface area contributed by atoms with Crippen LogP contribution in [0.3, 0.4) is 0 Å². The van der Waals surface area contributed by atoms with Crippen LogP contribution in [-0.4, -0.2) is 0 Å². The van der Waals surface area contributed by atoms with Crippen LogP contribution in [0.25, 0.3) is 11.1 Å². The summed E-state index contributed by atoms with van der Waals surface area (Å²) in [5.41, 5.74) is 10.8. The van der Waals surface area contributed by atoms with Crippen LogP contribution in [0, 0.1) is 12.8 Å². The van der Waals surface area contributed by atoms with Gasteiger partial charge in [-0.1, -0.05) is 78.8 Å². The van der Waals surface area contributed by atoms with Crippen LogP contribution in [0.15, 0.2) is 94.7 Å². The average Bonchev–Trinajstić information content (AvgIpc) is 3.17. The van der Waals surface area contributed by atoms with Crippen LogP contribution in [-0.2, 0) is 12.8 Å². The molecule has 1 unspecified atom stereocenters. The summed E-state index contributed by atoms with van der Waals surface area (Å²) in [7, 11) is 0. The number of para-hydroxylation sites is 2. The molecule has 152 valence electrons. The molecule has 0 N–H and O–H groups in total. The second-order valence-electron chi connectivity index (χ2n) is 8.89. The molecule has 0 aromatic heterocycles. The van der Waals surface area contributed by atoms with Crippen molar-refractivity contribution in [1.29, 1.82) is 0 Å². The van der Waals surface area contributed by atoms with Gasteiger partial charge in [0.2, 0.25) is 0 Å². The standard InChI is InChI=1S/C29H25NS/c1-19-11-13-21(14-12-19)22-17-23-15-20(2)16-24(23)27(18-22)30-25-7-3-5-9-28(25)31-29-10-6-4-8-26(29)30/h3-14,17-18,20H,15-16H2,1-2H3. The first-order valence-electron chi connectivity index (χ1n) is 11.1. The fourth-order valence-corrected chi connectivity index (χ4v) is 6.06. The van der Waals surface area contributed by atoms with Crippen LogP contribution >= 0.6 is 11.8 Å². The van der Waals surface area contributed by atoms with E-state index in [-0.39, 0.29) is 0 Å². The topological polar surface area (TPSA) is 3.24 Å². The number of nitrogens with zero attached hydrogens (tertiary/aromatic N) is 1. The summed E-state index contributed by atoms with van der Waals surface area (Å²) in [5.74, 6) is 0.687. The maximum absolute atomic E-state index is 2.51. The summed E-state index contributed by atoms with van der Waals surface area (Å²) >= 11 is 1.88. The number of rotatable bonds is 2. The largest absolute Gasteiger partial charge is 0.308 e. The minimum Gasteiger partial charge on any atom is -0.308 e. The molecular formula is C29H25NS. The van der Waals surface area contributed by atoms with Crippen molar-refractivity contribution >= 4 is 28.8 Å². The molecule has 0 saturated carbocycles. The van der Waals surface area contributed by atoms with Crippen LogP contribution in [0.2, 0.25) is 0 Å². The number of hydrogen-bond donors (Lipinski definition) is 0. The molecule has 0 amide bonds. The van der Waals surface area contributed by atoms with Crippen molar-refractivity contribution in [3.8, 4) is 11.1 Å². The third-order valence-corrected chi connectivity index (χ3v) is 7.63. The normalized spacial score (nSPS) is 16.6. The molecule has 6 rings (SSSR count). The van der Waals surface area contributed by atoms with E-state index in [1.165, 1.54) is 54.7 Å². The lowest BCUT2D eigenvalue weighted by Gasteiger charge is -2.34. The van der Waals surface area contributed by atoms with E-state index in [1.807, 2.05) is 11.8 Å². The minimum absolute atomic E-state index is 0.687. The Bertz CT molecular complexity index is 1240. The fraction of sp³-hybridized carbons (Fsp3) is 0.172. The van der Waals surface area contributed by atoms with Gasteiger partial charge in [-0.25, -0.2) is 0 Å². The van der Waals surface area contributed by atoms with Crippen LogP contribution in [0.5, 0.6) is 0 Å². The van der Waals surface area contributed by atoms with Gasteiger partial charge in [0.15, 0.2) is 0 Å². The Kier molecular flexibility index (Phi) is 4.43. The summed E-state index contributed by atoms with van der Waals surface area (Å²) < 4.78 is 0. The highest BCUT2D eigenvalue weighted by atomic mass is 32.2. The Labute approximate surface area is 188 Å². The number of benzene rings is 4. The zero-order valence-corrected chi connectivity index (χ0v) is 18.7. The van der Waals surface area contributed by atoms with E-state index in [9.17, 15) is 0 Å². The molecule has 1 nitrogen and oxygen atoms in total. The average molecular weight is 420 g/mol. The number of fused-ring (bicyclic) bond motifs is 3. The molecule has 1 aliphatic carbocycles. The van der Waals surface area contributed by atoms with Gasteiger partial charge < -0.3 is 4.90 Å². The molecule has 31 heavy (non-hydrogen) atoms. The summed E-state index contributed by atoms with van der Waals surface area (Å²) in [4.78, 5) is 5.15. The lowest BCUT2D eigenvalue weighted by atomic mass is 9.97. The maximum atomic E-state index is 2.51. The quantitative estimate of drug-likeness (QED) is 0.283. The first-order chi connectivity index (χ1) is 15.2. The smallest absolute Gasteiger partial charge is 0.0601 e. The van der Waals surface area contributed by atoms with Crippen molar-refractivity contribution in [2.45, 2.75) is 36.5 Å². The summed E-state index contributed by atoms with van der Waals surface area (Å²) in [5, 5.41) is 0. The molecule has 0 bridgehead atoms. The maximum Gasteiger partial charge on any atom is 0.0601 e. The Hall–Kier alpha value is -2.97. The number of aryl methyl sites for hydroxylation is 1. The molecule has 0 radical (unpaired) electrons. The molecular weight excluding hydrogens is 394 g/mol. The third kappa shape index (κ3) is 3.18. The van der Waals surface area contributed by atoms with E-state index in [0.717, 1.165) is 12.8 Å². The minimum atomic E-state index is 0.687. The molecule has 2 aliphatic rings. The fourth-order valence-electron chi connectivity index (χ4n) is 5.01. The molecule has 1 aliphatic heterocycles. The van der Waals surface area contributed by atoms with Gasteiger partial charge >= 0.3 is 0 Å². The zero-order chi connectivity index (χ0) is 20.9. The molecule has 4 aromatic rings. The van der Waals surface area contributed by atoms with Gasteiger partial charge in [-0.15, -0.1) is 0 Å². The monoisotopic (exact) mass is 419 g/mol.